The van der Waals surface area contributed by atoms with E-state index in [9.17, 15) is 9.59 Å². The predicted molar refractivity (Wildman–Crippen MR) is 73.2 cm³/mol. The number of hydrogen-bond acceptors (Lipinski definition) is 4. The van der Waals surface area contributed by atoms with Crippen LogP contribution in [-0.4, -0.2) is 29.7 Å². The number of ether oxygens (including phenoxy) is 2. The van der Waals surface area contributed by atoms with E-state index in [2.05, 4.69) is 9.72 Å². The fraction of sp³-hybridized carbons (Fsp3) is 0.286. The standard InChI is InChI=1S/C14H16N2O4/c1-16-11(12(13(17)20-3)15-14(16)18)8-9-5-4-6-10(7-9)19-2/h4-7H,8H2,1-3H3,(H,15,18). The van der Waals surface area contributed by atoms with E-state index in [1.54, 1.807) is 14.2 Å². The average Bonchev–Trinajstić information content (AvgIpc) is 2.75. The highest BCUT2D eigenvalue weighted by Crippen LogP contribution is 2.17. The van der Waals surface area contributed by atoms with Crippen molar-refractivity contribution >= 4 is 5.97 Å². The number of benzene rings is 1. The second-order valence-electron chi connectivity index (χ2n) is 4.33. The third-order valence-corrected chi connectivity index (χ3v) is 3.13. The Labute approximate surface area is 116 Å². The Bertz CT molecular complexity index is 685. The number of imidazole rings is 1. The minimum atomic E-state index is -0.555. The van der Waals surface area contributed by atoms with Crippen molar-refractivity contribution in [3.63, 3.8) is 0 Å². The number of carbonyl (C=O) groups excluding carboxylic acids is 1. The summed E-state index contributed by atoms with van der Waals surface area (Å²) in [6.45, 7) is 0. The molecule has 2 aromatic rings. The molecule has 0 saturated heterocycles. The maximum absolute atomic E-state index is 11.7. The lowest BCUT2D eigenvalue weighted by Crippen LogP contribution is -2.14. The van der Waals surface area contributed by atoms with Crippen LogP contribution in [0.5, 0.6) is 5.75 Å². The molecule has 6 heteroatoms. The van der Waals surface area contributed by atoms with Crippen LogP contribution in [0.25, 0.3) is 0 Å². The van der Waals surface area contributed by atoms with Crippen molar-refractivity contribution in [3.05, 3.63) is 51.7 Å². The largest absolute Gasteiger partial charge is 0.497 e. The predicted octanol–water partition coefficient (Wildman–Crippen LogP) is 1.10. The molecule has 0 aliphatic heterocycles. The minimum absolute atomic E-state index is 0.183. The van der Waals surface area contributed by atoms with Gasteiger partial charge in [0.25, 0.3) is 0 Å². The minimum Gasteiger partial charge on any atom is -0.497 e. The van der Waals surface area contributed by atoms with Crippen LogP contribution in [0.4, 0.5) is 0 Å². The fourth-order valence-electron chi connectivity index (χ4n) is 2.01. The van der Waals surface area contributed by atoms with Crippen molar-refractivity contribution in [1.29, 1.82) is 0 Å². The monoisotopic (exact) mass is 276 g/mol. The highest BCUT2D eigenvalue weighted by Gasteiger charge is 2.19. The molecular formula is C14H16N2O4. The second-order valence-corrected chi connectivity index (χ2v) is 4.33. The second kappa shape index (κ2) is 5.64. The van der Waals surface area contributed by atoms with E-state index >= 15 is 0 Å². The molecular weight excluding hydrogens is 260 g/mol. The summed E-state index contributed by atoms with van der Waals surface area (Å²) in [7, 11) is 4.48. The number of carbonyl (C=O) groups is 1. The first kappa shape index (κ1) is 13.9. The van der Waals surface area contributed by atoms with Crippen LogP contribution in [0.2, 0.25) is 0 Å². The summed E-state index contributed by atoms with van der Waals surface area (Å²) in [6.07, 6.45) is 0.427. The van der Waals surface area contributed by atoms with E-state index in [0.717, 1.165) is 11.3 Å². The van der Waals surface area contributed by atoms with Crippen LogP contribution in [0.3, 0.4) is 0 Å². The number of nitrogens with one attached hydrogen (secondary N) is 1. The third kappa shape index (κ3) is 2.59. The molecule has 1 N–H and O–H groups in total. The molecule has 1 heterocycles. The van der Waals surface area contributed by atoms with Crippen molar-refractivity contribution < 1.29 is 14.3 Å². The van der Waals surface area contributed by atoms with E-state index in [1.807, 2.05) is 24.3 Å². The number of methoxy groups -OCH3 is 2. The molecule has 1 aromatic carbocycles. The van der Waals surface area contributed by atoms with E-state index in [4.69, 9.17) is 4.74 Å². The fourth-order valence-corrected chi connectivity index (χ4v) is 2.01. The number of esters is 1. The van der Waals surface area contributed by atoms with Gasteiger partial charge in [0.1, 0.15) is 11.4 Å². The summed E-state index contributed by atoms with van der Waals surface area (Å²) in [5.41, 5.74) is 1.35. The number of aromatic amines is 1. The molecule has 106 valence electrons. The zero-order valence-corrected chi connectivity index (χ0v) is 11.6. The Hall–Kier alpha value is -2.50. The molecule has 0 spiro atoms. The quantitative estimate of drug-likeness (QED) is 0.849. The van der Waals surface area contributed by atoms with Gasteiger partial charge in [-0.1, -0.05) is 12.1 Å². The molecule has 2 rings (SSSR count). The summed E-state index contributed by atoms with van der Waals surface area (Å²) >= 11 is 0. The van der Waals surface area contributed by atoms with Crippen LogP contribution in [0, 0.1) is 0 Å². The van der Waals surface area contributed by atoms with Gasteiger partial charge >= 0.3 is 11.7 Å². The summed E-state index contributed by atoms with van der Waals surface area (Å²) in [5, 5.41) is 0. The molecule has 0 saturated carbocycles. The smallest absolute Gasteiger partial charge is 0.356 e. The van der Waals surface area contributed by atoms with Crippen LogP contribution in [-0.2, 0) is 18.2 Å². The maximum atomic E-state index is 11.7. The molecule has 0 amide bonds. The Balaban J connectivity index is 2.42. The summed E-state index contributed by atoms with van der Waals surface area (Å²) in [5.74, 6) is 0.170. The zero-order valence-electron chi connectivity index (χ0n) is 11.6. The zero-order chi connectivity index (χ0) is 14.7. The summed E-state index contributed by atoms with van der Waals surface area (Å²) < 4.78 is 11.2. The van der Waals surface area contributed by atoms with Gasteiger partial charge in [0.2, 0.25) is 0 Å². The molecule has 0 aliphatic carbocycles. The van der Waals surface area contributed by atoms with Crippen LogP contribution in [0.15, 0.2) is 29.1 Å². The number of aromatic nitrogens is 2. The van der Waals surface area contributed by atoms with Crippen molar-refractivity contribution in [3.8, 4) is 5.75 Å². The van der Waals surface area contributed by atoms with Gasteiger partial charge in [0.15, 0.2) is 0 Å². The van der Waals surface area contributed by atoms with Gasteiger partial charge in [0.05, 0.1) is 19.9 Å². The third-order valence-electron chi connectivity index (χ3n) is 3.13. The highest BCUT2D eigenvalue weighted by molar-refractivity contribution is 5.88. The highest BCUT2D eigenvalue weighted by atomic mass is 16.5. The van der Waals surface area contributed by atoms with Gasteiger partial charge in [0, 0.05) is 13.5 Å². The van der Waals surface area contributed by atoms with E-state index in [-0.39, 0.29) is 11.4 Å². The Kier molecular flexibility index (Phi) is 3.93. The molecule has 6 nitrogen and oxygen atoms in total. The lowest BCUT2D eigenvalue weighted by Gasteiger charge is -2.07. The Morgan fingerprint density at radius 2 is 2.10 bits per heavy atom. The van der Waals surface area contributed by atoms with Crippen molar-refractivity contribution in [2.45, 2.75) is 6.42 Å². The average molecular weight is 276 g/mol. The van der Waals surface area contributed by atoms with Crippen molar-refractivity contribution in [2.24, 2.45) is 7.05 Å². The van der Waals surface area contributed by atoms with Gasteiger partial charge in [-0.05, 0) is 17.7 Å². The molecule has 0 bridgehead atoms. The number of hydrogen-bond donors (Lipinski definition) is 1. The van der Waals surface area contributed by atoms with E-state index in [0.29, 0.717) is 12.1 Å². The topological polar surface area (TPSA) is 73.3 Å². The SMILES string of the molecule is COC(=O)c1[nH]c(=O)n(C)c1Cc1cccc(OC)c1. The van der Waals surface area contributed by atoms with Gasteiger partial charge in [-0.2, -0.15) is 0 Å². The normalized spacial score (nSPS) is 10.3. The maximum Gasteiger partial charge on any atom is 0.356 e. The van der Waals surface area contributed by atoms with E-state index in [1.165, 1.54) is 11.7 Å². The van der Waals surface area contributed by atoms with Crippen LogP contribution >= 0.6 is 0 Å². The summed E-state index contributed by atoms with van der Waals surface area (Å²) in [4.78, 5) is 25.9. The number of nitrogens with zero attached hydrogens (tertiary/aromatic N) is 1. The molecule has 1 aromatic heterocycles. The molecule has 20 heavy (non-hydrogen) atoms. The summed E-state index contributed by atoms with van der Waals surface area (Å²) in [6, 6.07) is 7.46. The molecule has 0 atom stereocenters. The first-order chi connectivity index (χ1) is 9.56. The van der Waals surface area contributed by atoms with Crippen LogP contribution in [0.1, 0.15) is 21.7 Å². The lowest BCUT2D eigenvalue weighted by atomic mass is 10.1. The lowest BCUT2D eigenvalue weighted by molar-refractivity contribution is 0.0593. The van der Waals surface area contributed by atoms with Gasteiger partial charge in [-0.25, -0.2) is 9.59 Å². The number of H-pyrrole nitrogens is 1. The molecule has 0 aliphatic rings. The van der Waals surface area contributed by atoms with Gasteiger partial charge in [-0.15, -0.1) is 0 Å². The molecule has 0 radical (unpaired) electrons. The van der Waals surface area contributed by atoms with Crippen molar-refractivity contribution in [1.82, 2.24) is 9.55 Å². The van der Waals surface area contributed by atoms with E-state index < -0.39 is 5.97 Å². The van der Waals surface area contributed by atoms with Crippen LogP contribution < -0.4 is 10.4 Å². The first-order valence-electron chi connectivity index (χ1n) is 6.06. The van der Waals surface area contributed by atoms with Gasteiger partial charge < -0.3 is 9.47 Å². The van der Waals surface area contributed by atoms with Gasteiger partial charge in [-0.3, -0.25) is 9.55 Å². The Morgan fingerprint density at radius 3 is 2.75 bits per heavy atom. The Morgan fingerprint density at radius 1 is 1.35 bits per heavy atom. The first-order valence-corrected chi connectivity index (χ1v) is 6.06. The number of rotatable bonds is 4. The molecule has 0 fully saturated rings. The van der Waals surface area contributed by atoms with Crippen molar-refractivity contribution in [2.75, 3.05) is 14.2 Å². The molecule has 0 unspecified atom stereocenters.